The van der Waals surface area contributed by atoms with Crippen LogP contribution >= 0.6 is 7.26 Å². The highest BCUT2D eigenvalue weighted by atomic mass is 79.9. The molecule has 25 heavy (non-hydrogen) atoms. The van der Waals surface area contributed by atoms with Crippen molar-refractivity contribution >= 4 is 29.1 Å². The van der Waals surface area contributed by atoms with Crippen molar-refractivity contribution in [2.24, 2.45) is 0 Å². The van der Waals surface area contributed by atoms with Gasteiger partial charge in [-0.15, -0.1) is 0 Å². The van der Waals surface area contributed by atoms with E-state index in [0.717, 1.165) is 15.9 Å². The predicted octanol–water partition coefficient (Wildman–Crippen LogP) is 0.583. The Morgan fingerprint density at radius 1 is 0.680 bits per heavy atom. The molecule has 4 heteroatoms. The van der Waals surface area contributed by atoms with Gasteiger partial charge >= 0.3 is 5.97 Å². The van der Waals surface area contributed by atoms with E-state index in [-0.39, 0.29) is 17.0 Å². The molecular formula is C21H18BrO2P. The van der Waals surface area contributed by atoms with Crippen molar-refractivity contribution in [2.75, 3.05) is 0 Å². The molecule has 0 amide bonds. The molecular weight excluding hydrogens is 395 g/mol. The van der Waals surface area contributed by atoms with Crippen LogP contribution in [0.4, 0.5) is 0 Å². The third kappa shape index (κ3) is 4.07. The van der Waals surface area contributed by atoms with E-state index in [1.807, 2.05) is 60.4 Å². The van der Waals surface area contributed by atoms with Crippen molar-refractivity contribution < 1.29 is 26.9 Å². The molecule has 0 aliphatic rings. The van der Waals surface area contributed by atoms with Gasteiger partial charge in [0.2, 0.25) is 0 Å². The molecule has 0 spiro atoms. The van der Waals surface area contributed by atoms with Gasteiger partial charge in [0.05, 0.1) is 11.9 Å². The van der Waals surface area contributed by atoms with Crippen LogP contribution in [0, 0.1) is 0 Å². The Labute approximate surface area is 159 Å². The largest absolute Gasteiger partial charge is 1.00 e. The molecule has 2 nitrogen and oxygen atoms in total. The first-order valence-electron chi connectivity index (χ1n) is 7.71. The van der Waals surface area contributed by atoms with E-state index < -0.39 is 13.2 Å². The Morgan fingerprint density at radius 2 is 1.00 bits per heavy atom. The van der Waals surface area contributed by atoms with Gasteiger partial charge in [-0.2, -0.15) is 0 Å². The summed E-state index contributed by atoms with van der Waals surface area (Å²) < 4.78 is 0. The second-order valence-corrected chi connectivity index (χ2v) is 8.68. The maximum atomic E-state index is 11.3. The minimum atomic E-state index is -2.17. The van der Waals surface area contributed by atoms with Crippen LogP contribution in [0.15, 0.2) is 103 Å². The van der Waals surface area contributed by atoms with Gasteiger partial charge in [-0.05, 0) is 36.4 Å². The molecule has 0 heterocycles. The molecule has 0 unspecified atom stereocenters. The summed E-state index contributed by atoms with van der Waals surface area (Å²) in [5.74, 6) is 0.956. The molecule has 0 saturated heterocycles. The molecule has 3 aromatic carbocycles. The highest BCUT2D eigenvalue weighted by Crippen LogP contribution is 2.56. The number of rotatable bonds is 5. The maximum Gasteiger partial charge on any atom is 0.331 e. The van der Waals surface area contributed by atoms with Gasteiger partial charge in [-0.3, -0.25) is 0 Å². The molecule has 126 valence electrons. The lowest BCUT2D eigenvalue weighted by Crippen LogP contribution is -3.00. The van der Waals surface area contributed by atoms with Crippen molar-refractivity contribution in [3.8, 4) is 0 Å². The quantitative estimate of drug-likeness (QED) is 0.491. The predicted molar refractivity (Wildman–Crippen MR) is 102 cm³/mol. The van der Waals surface area contributed by atoms with Gasteiger partial charge in [-0.1, -0.05) is 54.6 Å². The number of hydrogen-bond acceptors (Lipinski definition) is 1. The molecule has 0 aliphatic heterocycles. The zero-order valence-corrected chi connectivity index (χ0v) is 16.0. The van der Waals surface area contributed by atoms with Crippen molar-refractivity contribution in [2.45, 2.75) is 0 Å². The minimum absolute atomic E-state index is 0. The van der Waals surface area contributed by atoms with Gasteiger partial charge in [0, 0.05) is 0 Å². The zero-order chi connectivity index (χ0) is 16.8. The van der Waals surface area contributed by atoms with Crippen LogP contribution in [0.5, 0.6) is 0 Å². The number of aliphatic carboxylic acids is 1. The number of carboxylic acid groups (broad SMARTS) is 1. The van der Waals surface area contributed by atoms with E-state index in [9.17, 15) is 9.90 Å². The summed E-state index contributed by atoms with van der Waals surface area (Å²) in [5.41, 5.74) is 0. The molecule has 1 N–H and O–H groups in total. The maximum absolute atomic E-state index is 11.3. The van der Waals surface area contributed by atoms with Crippen LogP contribution in [0.3, 0.4) is 0 Å². The number of carbonyl (C=O) groups is 1. The summed E-state index contributed by atoms with van der Waals surface area (Å²) in [6, 6.07) is 30.5. The molecule has 3 rings (SSSR count). The van der Waals surface area contributed by atoms with E-state index in [2.05, 4.69) is 36.4 Å². The Bertz CT molecular complexity index is 737. The zero-order valence-electron chi connectivity index (χ0n) is 13.5. The summed E-state index contributed by atoms with van der Waals surface area (Å²) in [6.07, 6.45) is 1.28. The Hall–Kier alpha value is -2.22. The second-order valence-electron chi connectivity index (χ2n) is 5.38. The van der Waals surface area contributed by atoms with E-state index in [4.69, 9.17) is 0 Å². The number of carboxylic acids is 1. The lowest BCUT2D eigenvalue weighted by molar-refractivity contribution is -0.131. The van der Waals surface area contributed by atoms with E-state index in [0.29, 0.717) is 0 Å². The van der Waals surface area contributed by atoms with Crippen LogP contribution in [-0.4, -0.2) is 11.1 Å². The normalized spacial score (nSPS) is 11.0. The van der Waals surface area contributed by atoms with Crippen molar-refractivity contribution in [3.05, 3.63) is 103 Å². The summed E-state index contributed by atoms with van der Waals surface area (Å²) >= 11 is 0. The number of halogens is 1. The fourth-order valence-electron chi connectivity index (χ4n) is 2.87. The second kappa shape index (κ2) is 8.75. The van der Waals surface area contributed by atoms with Crippen LogP contribution in [0.25, 0.3) is 0 Å². The smallest absolute Gasteiger partial charge is 0.331 e. The molecule has 3 aromatic rings. The third-order valence-corrected chi connectivity index (χ3v) is 7.87. The van der Waals surface area contributed by atoms with Gasteiger partial charge in [0.25, 0.3) is 0 Å². The molecule has 0 fully saturated rings. The summed E-state index contributed by atoms with van der Waals surface area (Å²) in [5, 5.41) is 12.7. The molecule has 0 aliphatic carbocycles. The Kier molecular flexibility index (Phi) is 6.69. The highest BCUT2D eigenvalue weighted by Gasteiger charge is 2.43. The van der Waals surface area contributed by atoms with Crippen molar-refractivity contribution in [1.29, 1.82) is 0 Å². The summed E-state index contributed by atoms with van der Waals surface area (Å²) in [4.78, 5) is 11.3. The Morgan fingerprint density at radius 3 is 1.28 bits per heavy atom. The van der Waals surface area contributed by atoms with Crippen LogP contribution in [0.2, 0.25) is 0 Å². The minimum Gasteiger partial charge on any atom is -1.00 e. The average Bonchev–Trinajstić information content (AvgIpc) is 2.65. The SMILES string of the molecule is O=C(O)C=C[P+](c1ccccc1)(c1ccccc1)c1ccccc1.[Br-]. The van der Waals surface area contributed by atoms with Crippen molar-refractivity contribution in [3.63, 3.8) is 0 Å². The summed E-state index contributed by atoms with van der Waals surface area (Å²) in [6.45, 7) is 0. The number of benzene rings is 3. The first-order chi connectivity index (χ1) is 11.7. The number of hydrogen-bond donors (Lipinski definition) is 1. The van der Waals surface area contributed by atoms with Gasteiger partial charge < -0.3 is 22.1 Å². The van der Waals surface area contributed by atoms with Crippen LogP contribution in [-0.2, 0) is 4.79 Å². The van der Waals surface area contributed by atoms with Gasteiger partial charge in [-0.25, -0.2) is 4.79 Å². The summed E-state index contributed by atoms with van der Waals surface area (Å²) in [7, 11) is -2.17. The standard InChI is InChI=1S/C21H17O2P.BrH/c22-21(23)16-17-24(18-10-4-1-5-11-18,19-12-6-2-7-13-19)20-14-8-3-9-15-20;/h1-17H;1H. The monoisotopic (exact) mass is 412 g/mol. The lowest BCUT2D eigenvalue weighted by atomic mass is 10.4. The fraction of sp³-hybridized carbons (Fsp3) is 0. The van der Waals surface area contributed by atoms with Gasteiger partial charge in [0.15, 0.2) is 0 Å². The lowest BCUT2D eigenvalue weighted by Gasteiger charge is -2.23. The average molecular weight is 413 g/mol. The molecule has 0 saturated carbocycles. The van der Waals surface area contributed by atoms with Crippen LogP contribution in [0.1, 0.15) is 0 Å². The molecule has 0 bridgehead atoms. The fourth-order valence-corrected chi connectivity index (χ4v) is 6.56. The molecule has 0 radical (unpaired) electrons. The first kappa shape index (κ1) is 19.1. The van der Waals surface area contributed by atoms with Crippen LogP contribution < -0.4 is 32.9 Å². The first-order valence-corrected chi connectivity index (χ1v) is 9.57. The van der Waals surface area contributed by atoms with E-state index in [1.54, 1.807) is 0 Å². The van der Waals surface area contributed by atoms with Gasteiger partial charge in [0.1, 0.15) is 23.2 Å². The third-order valence-electron chi connectivity index (χ3n) is 3.93. The van der Waals surface area contributed by atoms with E-state index >= 15 is 0 Å². The highest BCUT2D eigenvalue weighted by molar-refractivity contribution is 7.98. The molecule has 0 atom stereocenters. The van der Waals surface area contributed by atoms with Crippen molar-refractivity contribution in [1.82, 2.24) is 0 Å². The van der Waals surface area contributed by atoms with E-state index in [1.165, 1.54) is 6.08 Å². The topological polar surface area (TPSA) is 37.3 Å². The Balaban J connectivity index is 0.00000225. The molecule has 0 aromatic heterocycles.